The van der Waals surface area contributed by atoms with Crippen LogP contribution in [0.4, 0.5) is 10.5 Å². The number of carboxylic acid groups (broad SMARTS) is 1. The summed E-state index contributed by atoms with van der Waals surface area (Å²) in [6, 6.07) is 14.0. The SMILES string of the molecule is CCOc1cc(Br)ccc1CN(C(=O)C1CCCN(c2cccc(OC(C)(C)C(=O)N3CCN(C(=O)O)CC3)c2)C1)C1CC1. The van der Waals surface area contributed by atoms with Gasteiger partial charge in [-0.05, 0) is 70.7 Å². The molecule has 2 aromatic carbocycles. The maximum Gasteiger partial charge on any atom is 0.407 e. The number of anilines is 1. The predicted molar refractivity (Wildman–Crippen MR) is 171 cm³/mol. The molecule has 1 N–H and O–H groups in total. The topological polar surface area (TPSA) is 103 Å². The molecule has 5 rings (SSSR count). The van der Waals surface area contributed by atoms with E-state index in [0.29, 0.717) is 38.5 Å². The average Bonchev–Trinajstić information content (AvgIpc) is 3.86. The second-order valence-corrected chi connectivity index (χ2v) is 13.3. The zero-order chi connectivity index (χ0) is 31.4. The molecular formula is C33H43BrN4O6. The first kappa shape index (κ1) is 31.9. The first-order valence-corrected chi connectivity index (χ1v) is 16.4. The van der Waals surface area contributed by atoms with Gasteiger partial charge in [0, 0.05) is 73.6 Å². The van der Waals surface area contributed by atoms with Crippen LogP contribution in [0.5, 0.6) is 11.5 Å². The van der Waals surface area contributed by atoms with Crippen LogP contribution in [0.2, 0.25) is 0 Å². The van der Waals surface area contributed by atoms with Crippen molar-refractivity contribution >= 4 is 39.5 Å². The third kappa shape index (κ3) is 7.60. The van der Waals surface area contributed by atoms with Gasteiger partial charge in [0.05, 0.1) is 12.5 Å². The Morgan fingerprint density at radius 2 is 1.73 bits per heavy atom. The number of rotatable bonds is 10. The number of amides is 3. The van der Waals surface area contributed by atoms with Crippen LogP contribution in [-0.2, 0) is 16.1 Å². The van der Waals surface area contributed by atoms with Crippen LogP contribution >= 0.6 is 15.9 Å². The highest BCUT2D eigenvalue weighted by Gasteiger charge is 2.39. The minimum atomic E-state index is -1.12. The van der Waals surface area contributed by atoms with Gasteiger partial charge in [0.25, 0.3) is 5.91 Å². The highest BCUT2D eigenvalue weighted by molar-refractivity contribution is 9.10. The van der Waals surface area contributed by atoms with E-state index in [0.717, 1.165) is 53.7 Å². The van der Waals surface area contributed by atoms with E-state index in [1.807, 2.05) is 49.4 Å². The Kier molecular flexibility index (Phi) is 9.92. The Morgan fingerprint density at radius 3 is 2.41 bits per heavy atom. The van der Waals surface area contributed by atoms with Crippen molar-refractivity contribution in [3.63, 3.8) is 0 Å². The smallest absolute Gasteiger partial charge is 0.407 e. The summed E-state index contributed by atoms with van der Waals surface area (Å²) in [7, 11) is 0. The molecule has 238 valence electrons. The quantitative estimate of drug-likeness (QED) is 0.369. The highest BCUT2D eigenvalue weighted by atomic mass is 79.9. The van der Waals surface area contributed by atoms with Crippen molar-refractivity contribution in [2.45, 2.75) is 64.6 Å². The summed E-state index contributed by atoms with van der Waals surface area (Å²) in [4.78, 5) is 45.8. The summed E-state index contributed by atoms with van der Waals surface area (Å²) in [5.41, 5.74) is 0.860. The number of hydrogen-bond donors (Lipinski definition) is 1. The number of carbonyl (C=O) groups excluding carboxylic acids is 2. The molecule has 2 saturated heterocycles. The molecule has 2 heterocycles. The van der Waals surface area contributed by atoms with Crippen molar-refractivity contribution in [2.24, 2.45) is 5.92 Å². The zero-order valence-corrected chi connectivity index (χ0v) is 27.4. The van der Waals surface area contributed by atoms with Gasteiger partial charge in [0.15, 0.2) is 5.60 Å². The number of carbonyl (C=O) groups is 3. The van der Waals surface area contributed by atoms with E-state index < -0.39 is 11.7 Å². The van der Waals surface area contributed by atoms with Gasteiger partial charge in [0.1, 0.15) is 11.5 Å². The summed E-state index contributed by atoms with van der Waals surface area (Å²) in [5, 5.41) is 9.21. The van der Waals surface area contributed by atoms with Crippen LogP contribution in [0.25, 0.3) is 0 Å². The van der Waals surface area contributed by atoms with E-state index in [1.165, 1.54) is 4.90 Å². The lowest BCUT2D eigenvalue weighted by atomic mass is 9.95. The number of benzene rings is 2. The van der Waals surface area contributed by atoms with Gasteiger partial charge >= 0.3 is 6.09 Å². The van der Waals surface area contributed by atoms with Crippen molar-refractivity contribution in [1.29, 1.82) is 0 Å². The molecule has 1 saturated carbocycles. The lowest BCUT2D eigenvalue weighted by molar-refractivity contribution is -0.147. The van der Waals surface area contributed by atoms with Gasteiger partial charge in [-0.1, -0.05) is 28.1 Å². The Labute approximate surface area is 268 Å². The molecule has 44 heavy (non-hydrogen) atoms. The Balaban J connectivity index is 1.24. The van der Waals surface area contributed by atoms with Crippen molar-refractivity contribution in [3.05, 3.63) is 52.5 Å². The lowest BCUT2D eigenvalue weighted by Crippen LogP contribution is -2.56. The van der Waals surface area contributed by atoms with Crippen LogP contribution < -0.4 is 14.4 Å². The van der Waals surface area contributed by atoms with Gasteiger partial charge in [-0.25, -0.2) is 4.79 Å². The third-order valence-corrected chi connectivity index (χ3v) is 9.11. The number of piperidine rings is 1. The van der Waals surface area contributed by atoms with Crippen LogP contribution in [0.1, 0.15) is 52.0 Å². The Bertz CT molecular complexity index is 1360. The van der Waals surface area contributed by atoms with E-state index in [4.69, 9.17) is 9.47 Å². The minimum Gasteiger partial charge on any atom is -0.493 e. The first-order chi connectivity index (χ1) is 21.1. The third-order valence-electron chi connectivity index (χ3n) is 8.62. The maximum absolute atomic E-state index is 14.0. The monoisotopic (exact) mass is 670 g/mol. The summed E-state index contributed by atoms with van der Waals surface area (Å²) in [5.74, 6) is 1.31. The standard InChI is InChI=1S/C33H43BrN4O6/c1-4-43-29-19-25(34)11-10-23(29)22-38(26-12-13-26)30(39)24-7-6-14-37(21-24)27-8-5-9-28(20-27)44-33(2,3)31(40)35-15-17-36(18-16-35)32(41)42/h5,8-11,19-20,24,26H,4,6-7,12-18,21-22H2,1-3H3,(H,41,42). The molecule has 10 nitrogen and oxygen atoms in total. The summed E-state index contributed by atoms with van der Waals surface area (Å²) in [6.45, 7) is 9.29. The van der Waals surface area contributed by atoms with Crippen LogP contribution in [0.3, 0.4) is 0 Å². The normalized spacial score (nSPS) is 19.0. The fraction of sp³-hybridized carbons (Fsp3) is 0.545. The molecular weight excluding hydrogens is 628 g/mol. The van der Waals surface area contributed by atoms with Crippen LogP contribution in [-0.4, -0.2) is 95.2 Å². The van der Waals surface area contributed by atoms with E-state index >= 15 is 0 Å². The van der Waals surface area contributed by atoms with Gasteiger partial charge in [-0.15, -0.1) is 0 Å². The van der Waals surface area contributed by atoms with E-state index in [1.54, 1.807) is 18.7 Å². The van der Waals surface area contributed by atoms with E-state index in [2.05, 4.69) is 25.7 Å². The summed E-state index contributed by atoms with van der Waals surface area (Å²) < 4.78 is 13.1. The fourth-order valence-corrected chi connectivity index (χ4v) is 6.46. The molecule has 2 aromatic rings. The summed E-state index contributed by atoms with van der Waals surface area (Å²) >= 11 is 3.53. The van der Waals surface area contributed by atoms with E-state index in [9.17, 15) is 19.5 Å². The number of halogens is 1. The first-order valence-electron chi connectivity index (χ1n) is 15.6. The van der Waals surface area contributed by atoms with Gasteiger partial charge < -0.3 is 34.2 Å². The molecule has 0 aromatic heterocycles. The van der Waals surface area contributed by atoms with Crippen LogP contribution in [0.15, 0.2) is 46.9 Å². The second kappa shape index (κ2) is 13.7. The van der Waals surface area contributed by atoms with Crippen molar-refractivity contribution in [3.8, 4) is 11.5 Å². The summed E-state index contributed by atoms with van der Waals surface area (Å²) in [6.07, 6.45) is 2.86. The van der Waals surface area contributed by atoms with Crippen molar-refractivity contribution in [1.82, 2.24) is 14.7 Å². The number of piperazine rings is 1. The van der Waals surface area contributed by atoms with Gasteiger partial charge in [0.2, 0.25) is 5.91 Å². The zero-order valence-electron chi connectivity index (χ0n) is 25.8. The molecule has 1 unspecified atom stereocenters. The van der Waals surface area contributed by atoms with E-state index in [-0.39, 0.29) is 36.9 Å². The minimum absolute atomic E-state index is 0.109. The molecule has 1 aliphatic carbocycles. The lowest BCUT2D eigenvalue weighted by Gasteiger charge is -2.38. The Hall–Kier alpha value is -3.47. The molecule has 3 aliphatic rings. The average molecular weight is 672 g/mol. The van der Waals surface area contributed by atoms with Crippen molar-refractivity contribution in [2.75, 3.05) is 50.8 Å². The molecule has 0 radical (unpaired) electrons. The van der Waals surface area contributed by atoms with Gasteiger partial charge in [-0.3, -0.25) is 9.59 Å². The Morgan fingerprint density at radius 1 is 1.00 bits per heavy atom. The number of ether oxygens (including phenoxy) is 2. The largest absolute Gasteiger partial charge is 0.493 e. The molecule has 0 bridgehead atoms. The molecule has 3 amide bonds. The fourth-order valence-electron chi connectivity index (χ4n) is 6.12. The maximum atomic E-state index is 14.0. The molecule has 3 fully saturated rings. The van der Waals surface area contributed by atoms with Crippen LogP contribution in [0, 0.1) is 5.92 Å². The predicted octanol–water partition coefficient (Wildman–Crippen LogP) is 5.24. The molecule has 11 heteroatoms. The second-order valence-electron chi connectivity index (χ2n) is 12.3. The molecule has 1 atom stereocenters. The molecule has 0 spiro atoms. The van der Waals surface area contributed by atoms with Gasteiger partial charge in [-0.2, -0.15) is 0 Å². The number of hydrogen-bond acceptors (Lipinski definition) is 6. The molecule has 2 aliphatic heterocycles. The highest BCUT2D eigenvalue weighted by Crippen LogP contribution is 2.35. The van der Waals surface area contributed by atoms with Crippen molar-refractivity contribution < 1.29 is 29.0 Å². The number of nitrogens with zero attached hydrogens (tertiary/aromatic N) is 4.